The number of rotatable bonds is 4. The summed E-state index contributed by atoms with van der Waals surface area (Å²) in [5, 5.41) is 0. The molecule has 0 unspecified atom stereocenters. The monoisotopic (exact) mass is 193 g/mol. The van der Waals surface area contributed by atoms with Crippen molar-refractivity contribution in [1.29, 1.82) is 0 Å². The van der Waals surface area contributed by atoms with Crippen molar-refractivity contribution in [1.82, 2.24) is 4.90 Å². The van der Waals surface area contributed by atoms with Crippen LogP contribution in [0.15, 0.2) is 30.3 Å². The third-order valence-corrected chi connectivity index (χ3v) is 1.95. The van der Waals surface area contributed by atoms with Crippen LogP contribution >= 0.6 is 0 Å². The predicted molar refractivity (Wildman–Crippen MR) is 54.5 cm³/mol. The number of methoxy groups -OCH3 is 1. The molecule has 1 aromatic carbocycles. The van der Waals surface area contributed by atoms with E-state index in [0.717, 1.165) is 5.56 Å². The topological polar surface area (TPSA) is 29.5 Å². The van der Waals surface area contributed by atoms with Crippen LogP contribution in [0, 0.1) is 0 Å². The highest BCUT2D eigenvalue weighted by atomic mass is 16.5. The van der Waals surface area contributed by atoms with E-state index in [-0.39, 0.29) is 5.91 Å². The van der Waals surface area contributed by atoms with Gasteiger partial charge in [-0.15, -0.1) is 0 Å². The molecule has 3 nitrogen and oxygen atoms in total. The summed E-state index contributed by atoms with van der Waals surface area (Å²) in [7, 11) is 1.58. The zero-order chi connectivity index (χ0) is 10.4. The lowest BCUT2D eigenvalue weighted by Gasteiger charge is -2.19. The molecule has 0 aliphatic carbocycles. The van der Waals surface area contributed by atoms with Gasteiger partial charge >= 0.3 is 0 Å². The standard InChI is InChI=1S/C11H15NO2/c1-10(13)12(9-14-2)8-11-6-4-3-5-7-11/h3-7H,8-9H2,1-2H3. The van der Waals surface area contributed by atoms with Gasteiger partial charge in [0.15, 0.2) is 0 Å². The highest BCUT2D eigenvalue weighted by molar-refractivity contribution is 5.73. The van der Waals surface area contributed by atoms with Crippen molar-refractivity contribution < 1.29 is 9.53 Å². The third kappa shape index (κ3) is 3.18. The molecule has 0 aliphatic rings. The molecule has 0 fully saturated rings. The van der Waals surface area contributed by atoms with Crippen LogP contribution in [-0.2, 0) is 16.1 Å². The molecule has 0 N–H and O–H groups in total. The Morgan fingerprint density at radius 2 is 2.00 bits per heavy atom. The molecular weight excluding hydrogens is 178 g/mol. The molecule has 0 saturated carbocycles. The molecule has 1 aromatic rings. The summed E-state index contributed by atoms with van der Waals surface area (Å²) in [6.07, 6.45) is 0. The summed E-state index contributed by atoms with van der Waals surface area (Å²) in [4.78, 5) is 12.8. The normalized spacial score (nSPS) is 9.86. The van der Waals surface area contributed by atoms with Crippen LogP contribution in [0.2, 0.25) is 0 Å². The van der Waals surface area contributed by atoms with Gasteiger partial charge in [-0.1, -0.05) is 30.3 Å². The highest BCUT2D eigenvalue weighted by Crippen LogP contribution is 2.04. The second-order valence-electron chi connectivity index (χ2n) is 3.12. The maximum atomic E-state index is 11.2. The van der Waals surface area contributed by atoms with E-state index in [1.54, 1.807) is 18.9 Å². The molecule has 0 aliphatic heterocycles. The third-order valence-electron chi connectivity index (χ3n) is 1.95. The molecule has 0 aromatic heterocycles. The van der Waals surface area contributed by atoms with Crippen LogP contribution in [0.1, 0.15) is 12.5 Å². The summed E-state index contributed by atoms with van der Waals surface area (Å²) in [6.45, 7) is 2.48. The average Bonchev–Trinajstić information content (AvgIpc) is 2.18. The molecule has 0 heterocycles. The smallest absolute Gasteiger partial charge is 0.221 e. The lowest BCUT2D eigenvalue weighted by atomic mass is 10.2. The van der Waals surface area contributed by atoms with Crippen molar-refractivity contribution >= 4 is 5.91 Å². The van der Waals surface area contributed by atoms with E-state index in [0.29, 0.717) is 13.3 Å². The Balaban J connectivity index is 2.60. The van der Waals surface area contributed by atoms with Crippen LogP contribution in [0.25, 0.3) is 0 Å². The van der Waals surface area contributed by atoms with Gasteiger partial charge in [0.05, 0.1) is 0 Å². The Morgan fingerprint density at radius 1 is 1.36 bits per heavy atom. The Morgan fingerprint density at radius 3 is 2.50 bits per heavy atom. The van der Waals surface area contributed by atoms with Crippen molar-refractivity contribution in [3.63, 3.8) is 0 Å². The fourth-order valence-electron chi connectivity index (χ4n) is 1.21. The van der Waals surface area contributed by atoms with Crippen LogP contribution < -0.4 is 0 Å². The maximum absolute atomic E-state index is 11.2. The van der Waals surface area contributed by atoms with Gasteiger partial charge in [-0.05, 0) is 5.56 Å². The fraction of sp³-hybridized carbons (Fsp3) is 0.364. The molecule has 0 radical (unpaired) electrons. The van der Waals surface area contributed by atoms with E-state index in [4.69, 9.17) is 4.74 Å². The molecule has 0 atom stereocenters. The zero-order valence-corrected chi connectivity index (χ0v) is 8.56. The molecule has 0 spiro atoms. The number of ether oxygens (including phenoxy) is 1. The average molecular weight is 193 g/mol. The number of hydrogen-bond donors (Lipinski definition) is 0. The van der Waals surface area contributed by atoms with E-state index in [9.17, 15) is 4.79 Å². The summed E-state index contributed by atoms with van der Waals surface area (Å²) < 4.78 is 4.94. The minimum absolute atomic E-state index is 0.0238. The fourth-order valence-corrected chi connectivity index (χ4v) is 1.21. The van der Waals surface area contributed by atoms with Crippen molar-refractivity contribution in [3.05, 3.63) is 35.9 Å². The largest absolute Gasteiger partial charge is 0.364 e. The van der Waals surface area contributed by atoms with Gasteiger partial charge in [-0.2, -0.15) is 0 Å². The van der Waals surface area contributed by atoms with Gasteiger partial charge in [0, 0.05) is 20.6 Å². The van der Waals surface area contributed by atoms with Crippen molar-refractivity contribution in [2.75, 3.05) is 13.8 Å². The number of hydrogen-bond acceptors (Lipinski definition) is 2. The number of nitrogens with zero attached hydrogens (tertiary/aromatic N) is 1. The summed E-state index contributed by atoms with van der Waals surface area (Å²) in [5.74, 6) is 0.0238. The maximum Gasteiger partial charge on any atom is 0.221 e. The quantitative estimate of drug-likeness (QED) is 0.680. The number of benzene rings is 1. The molecular formula is C11H15NO2. The van der Waals surface area contributed by atoms with Crippen LogP contribution in [-0.4, -0.2) is 24.6 Å². The first-order valence-electron chi connectivity index (χ1n) is 4.52. The Hall–Kier alpha value is -1.35. The Bertz CT molecular complexity index is 285. The summed E-state index contributed by atoms with van der Waals surface area (Å²) >= 11 is 0. The van der Waals surface area contributed by atoms with Crippen LogP contribution in [0.4, 0.5) is 0 Å². The first-order valence-corrected chi connectivity index (χ1v) is 4.52. The van der Waals surface area contributed by atoms with Crippen LogP contribution in [0.3, 0.4) is 0 Å². The number of carbonyl (C=O) groups excluding carboxylic acids is 1. The second kappa shape index (κ2) is 5.40. The molecule has 14 heavy (non-hydrogen) atoms. The Labute approximate surface area is 84.3 Å². The van der Waals surface area contributed by atoms with Gasteiger partial charge < -0.3 is 9.64 Å². The lowest BCUT2D eigenvalue weighted by Crippen LogP contribution is -2.29. The molecule has 3 heteroatoms. The van der Waals surface area contributed by atoms with E-state index in [1.807, 2.05) is 30.3 Å². The molecule has 1 amide bonds. The van der Waals surface area contributed by atoms with E-state index < -0.39 is 0 Å². The highest BCUT2D eigenvalue weighted by Gasteiger charge is 2.07. The van der Waals surface area contributed by atoms with Crippen molar-refractivity contribution in [2.24, 2.45) is 0 Å². The molecule has 0 bridgehead atoms. The minimum Gasteiger partial charge on any atom is -0.364 e. The molecule has 76 valence electrons. The Kier molecular flexibility index (Phi) is 4.13. The summed E-state index contributed by atoms with van der Waals surface area (Å²) in [5.41, 5.74) is 1.11. The van der Waals surface area contributed by atoms with Crippen molar-refractivity contribution in [3.8, 4) is 0 Å². The van der Waals surface area contributed by atoms with E-state index in [1.165, 1.54) is 0 Å². The summed E-state index contributed by atoms with van der Waals surface area (Å²) in [6, 6.07) is 9.86. The number of carbonyl (C=O) groups is 1. The van der Waals surface area contributed by atoms with Crippen LogP contribution in [0.5, 0.6) is 0 Å². The zero-order valence-electron chi connectivity index (χ0n) is 8.56. The molecule has 1 rings (SSSR count). The SMILES string of the molecule is COCN(Cc1ccccc1)C(C)=O. The lowest BCUT2D eigenvalue weighted by molar-refractivity contribution is -0.134. The number of amides is 1. The predicted octanol–water partition coefficient (Wildman–Crippen LogP) is 1.64. The molecule has 0 saturated heterocycles. The van der Waals surface area contributed by atoms with Crippen molar-refractivity contribution in [2.45, 2.75) is 13.5 Å². The van der Waals surface area contributed by atoms with Gasteiger partial charge in [-0.25, -0.2) is 0 Å². The first kappa shape index (κ1) is 10.7. The van der Waals surface area contributed by atoms with E-state index >= 15 is 0 Å². The van der Waals surface area contributed by atoms with Gasteiger partial charge in [0.1, 0.15) is 6.73 Å². The first-order chi connectivity index (χ1) is 6.74. The minimum atomic E-state index is 0.0238. The van der Waals surface area contributed by atoms with Gasteiger partial charge in [0.2, 0.25) is 5.91 Å². The van der Waals surface area contributed by atoms with E-state index in [2.05, 4.69) is 0 Å². The van der Waals surface area contributed by atoms with Gasteiger partial charge in [0.25, 0.3) is 0 Å². The second-order valence-corrected chi connectivity index (χ2v) is 3.12. The van der Waals surface area contributed by atoms with Gasteiger partial charge in [-0.3, -0.25) is 4.79 Å².